The molecule has 1 aliphatic rings. The fourth-order valence-corrected chi connectivity index (χ4v) is 3.95. The second-order valence-electron chi connectivity index (χ2n) is 1.40. The first-order chi connectivity index (χ1) is 2.50. The van der Waals surface area contributed by atoms with E-state index < -0.39 is 0 Å². The summed E-state index contributed by atoms with van der Waals surface area (Å²) in [6.07, 6.45) is 3.74. The number of allylic oxidation sites excluding steroid dienone is 1. The molecular weight excluding hydrogens is 167 g/mol. The number of hydrogen-bond donors (Lipinski definition) is 0. The predicted octanol–water partition coefficient (Wildman–Crippen LogP) is 0.491. The van der Waals surface area contributed by atoms with Gasteiger partial charge in [0, 0.05) is 0 Å². The van der Waals surface area contributed by atoms with Crippen LogP contribution in [-0.4, -0.2) is 21.1 Å². The normalized spacial score (nSPS) is 25.6. The zero-order chi connectivity index (χ0) is 3.54. The van der Waals surface area contributed by atoms with Crippen LogP contribution in [0.15, 0.2) is 10.2 Å². The van der Waals surface area contributed by atoms with Crippen molar-refractivity contribution in [3.8, 4) is 0 Å². The van der Waals surface area contributed by atoms with Crippen LogP contribution >= 0.6 is 0 Å². The van der Waals surface area contributed by atoms with E-state index in [-0.39, 0.29) is 21.1 Å². The average molecular weight is 175 g/mol. The minimum absolute atomic E-state index is 0.127. The molecular formula is C4H8Sn. The molecule has 0 unspecified atom stereocenters. The van der Waals surface area contributed by atoms with E-state index in [0.29, 0.717) is 0 Å². The van der Waals surface area contributed by atoms with Crippen molar-refractivity contribution in [2.75, 3.05) is 0 Å². The van der Waals surface area contributed by atoms with E-state index in [0.717, 1.165) is 0 Å². The van der Waals surface area contributed by atoms with Gasteiger partial charge in [-0.05, 0) is 0 Å². The summed E-state index contributed by atoms with van der Waals surface area (Å²) in [4.78, 5) is 0. The van der Waals surface area contributed by atoms with Gasteiger partial charge >= 0.3 is 42.2 Å². The summed E-state index contributed by atoms with van der Waals surface area (Å²) in [6.45, 7) is 0. The summed E-state index contributed by atoms with van der Waals surface area (Å²) in [6, 6.07) is 0. The molecule has 0 atom stereocenters. The average Bonchev–Trinajstić information content (AvgIpc) is 1.76. The van der Waals surface area contributed by atoms with Crippen LogP contribution in [0.25, 0.3) is 0 Å². The summed E-state index contributed by atoms with van der Waals surface area (Å²) in [7, 11) is 0. The SMILES string of the molecule is C1=[CH][SnH2][CH2]C1. The molecule has 1 heteroatoms. The molecule has 0 saturated carbocycles. The molecule has 0 aromatic rings. The summed E-state index contributed by atoms with van der Waals surface area (Å²) in [5.74, 6) is 0. The van der Waals surface area contributed by atoms with Crippen molar-refractivity contribution in [1.29, 1.82) is 0 Å². The fraction of sp³-hybridized carbons (Fsp3) is 0.500. The predicted molar refractivity (Wildman–Crippen MR) is 27.1 cm³/mol. The van der Waals surface area contributed by atoms with Crippen LogP contribution in [0.3, 0.4) is 0 Å². The maximum absolute atomic E-state index is 2.45. The molecule has 0 aromatic heterocycles. The van der Waals surface area contributed by atoms with Crippen LogP contribution in [0.5, 0.6) is 0 Å². The van der Waals surface area contributed by atoms with E-state index in [4.69, 9.17) is 0 Å². The van der Waals surface area contributed by atoms with Gasteiger partial charge in [0.05, 0.1) is 0 Å². The Morgan fingerprint density at radius 2 is 2.60 bits per heavy atom. The Balaban J connectivity index is 2.32. The Hall–Kier alpha value is 0.539. The van der Waals surface area contributed by atoms with Crippen molar-refractivity contribution in [3.05, 3.63) is 10.2 Å². The van der Waals surface area contributed by atoms with Gasteiger partial charge in [0.25, 0.3) is 0 Å². The van der Waals surface area contributed by atoms with Gasteiger partial charge in [0.1, 0.15) is 0 Å². The first kappa shape index (κ1) is 3.72. The van der Waals surface area contributed by atoms with Crippen LogP contribution in [0.4, 0.5) is 0 Å². The van der Waals surface area contributed by atoms with E-state index in [1.165, 1.54) is 6.42 Å². The van der Waals surface area contributed by atoms with Crippen molar-refractivity contribution in [3.63, 3.8) is 0 Å². The van der Waals surface area contributed by atoms with Gasteiger partial charge in [0.2, 0.25) is 0 Å². The Morgan fingerprint density at radius 1 is 1.60 bits per heavy atom. The summed E-state index contributed by atoms with van der Waals surface area (Å²) >= 11 is -0.127. The quantitative estimate of drug-likeness (QED) is 0.470. The number of rotatable bonds is 0. The summed E-state index contributed by atoms with van der Waals surface area (Å²) in [5.41, 5.74) is 0. The van der Waals surface area contributed by atoms with Crippen LogP contribution in [-0.2, 0) is 0 Å². The molecule has 0 nitrogen and oxygen atoms in total. The molecule has 5 heavy (non-hydrogen) atoms. The van der Waals surface area contributed by atoms with Gasteiger partial charge in [-0.25, -0.2) is 0 Å². The standard InChI is InChI=1S/C4H6.Sn.2H/c1-3-4-2;;;/h1,3H,2,4H2;;;. The van der Waals surface area contributed by atoms with Crippen molar-refractivity contribution in [1.82, 2.24) is 0 Å². The second-order valence-corrected chi connectivity index (χ2v) is 6.41. The molecule has 0 N–H and O–H groups in total. The van der Waals surface area contributed by atoms with Crippen molar-refractivity contribution in [2.45, 2.75) is 10.9 Å². The molecule has 0 radical (unpaired) electrons. The van der Waals surface area contributed by atoms with Crippen LogP contribution in [0, 0.1) is 0 Å². The van der Waals surface area contributed by atoms with Gasteiger partial charge in [-0.3, -0.25) is 0 Å². The van der Waals surface area contributed by atoms with E-state index in [9.17, 15) is 0 Å². The molecule has 0 amide bonds. The molecule has 0 spiro atoms. The molecule has 0 aliphatic carbocycles. The third-order valence-electron chi connectivity index (χ3n) is 0.908. The zero-order valence-corrected chi connectivity index (χ0v) is 7.31. The van der Waals surface area contributed by atoms with Crippen molar-refractivity contribution < 1.29 is 0 Å². The fourth-order valence-electron chi connectivity index (χ4n) is 0.589. The van der Waals surface area contributed by atoms with Crippen molar-refractivity contribution in [2.24, 2.45) is 0 Å². The molecule has 0 bridgehead atoms. The zero-order valence-electron chi connectivity index (χ0n) is 3.28. The molecule has 0 saturated heterocycles. The maximum atomic E-state index is 2.45. The van der Waals surface area contributed by atoms with Gasteiger partial charge in [0.15, 0.2) is 0 Å². The van der Waals surface area contributed by atoms with Crippen LogP contribution in [0.2, 0.25) is 4.44 Å². The Kier molecular flexibility index (Phi) is 1.38. The van der Waals surface area contributed by atoms with Crippen molar-refractivity contribution >= 4 is 21.1 Å². The summed E-state index contributed by atoms with van der Waals surface area (Å²) in [5, 5.41) is 0. The van der Waals surface area contributed by atoms with E-state index in [2.05, 4.69) is 10.2 Å². The first-order valence-electron chi connectivity index (χ1n) is 2.15. The van der Waals surface area contributed by atoms with E-state index in [1.807, 2.05) is 0 Å². The topological polar surface area (TPSA) is 0 Å². The van der Waals surface area contributed by atoms with Crippen LogP contribution < -0.4 is 0 Å². The molecule has 1 rings (SSSR count). The summed E-state index contributed by atoms with van der Waals surface area (Å²) < 4.78 is 4.04. The molecule has 1 aliphatic heterocycles. The number of hydrogen-bond acceptors (Lipinski definition) is 0. The Labute approximate surface area is 42.5 Å². The molecule has 28 valence electrons. The van der Waals surface area contributed by atoms with Gasteiger partial charge in [-0.15, -0.1) is 0 Å². The van der Waals surface area contributed by atoms with Gasteiger partial charge < -0.3 is 0 Å². The second kappa shape index (κ2) is 1.85. The molecule has 1 heterocycles. The van der Waals surface area contributed by atoms with Crippen LogP contribution in [0.1, 0.15) is 6.42 Å². The Morgan fingerprint density at radius 3 is 2.80 bits per heavy atom. The Bertz CT molecular complexity index is 41.6. The van der Waals surface area contributed by atoms with E-state index in [1.54, 1.807) is 4.44 Å². The monoisotopic (exact) mass is 176 g/mol. The first-order valence-corrected chi connectivity index (χ1v) is 7.33. The van der Waals surface area contributed by atoms with Gasteiger partial charge in [-0.2, -0.15) is 0 Å². The third-order valence-corrected chi connectivity index (χ3v) is 5.14. The third kappa shape index (κ3) is 0.954. The van der Waals surface area contributed by atoms with E-state index >= 15 is 0 Å². The molecule has 0 aromatic carbocycles. The minimum atomic E-state index is -0.127. The van der Waals surface area contributed by atoms with Gasteiger partial charge in [-0.1, -0.05) is 0 Å². The molecule has 0 fully saturated rings.